The average molecular weight is 237 g/mol. The zero-order valence-corrected chi connectivity index (χ0v) is 10.1. The number of hydrogen-bond donors (Lipinski definition) is 0. The molecular weight excluding hydrogens is 224 g/mol. The molecule has 0 saturated carbocycles. The lowest BCUT2D eigenvalue weighted by atomic mass is 10.1. The van der Waals surface area contributed by atoms with Crippen molar-refractivity contribution < 1.29 is 0 Å². The fraction of sp³-hybridized carbons (Fsp3) is 0.333. The molecule has 84 valence electrons. The Hall–Kier alpha value is -1.35. The summed E-state index contributed by atoms with van der Waals surface area (Å²) in [5.74, 6) is 0. The molecule has 0 radical (unpaired) electrons. The highest BCUT2D eigenvalue weighted by Crippen LogP contribution is 2.20. The standard InChI is InChI=1S/C12H13ClN2O/c1-3-4-10-9-7-8(13)5-6-11(9)15(2)12(16)14-10/h5-7H,3-4H2,1-2H3. The van der Waals surface area contributed by atoms with Crippen molar-refractivity contribution in [2.45, 2.75) is 19.8 Å². The zero-order chi connectivity index (χ0) is 11.7. The Morgan fingerprint density at radius 2 is 2.19 bits per heavy atom. The lowest BCUT2D eigenvalue weighted by Gasteiger charge is -2.08. The van der Waals surface area contributed by atoms with Crippen LogP contribution in [0.3, 0.4) is 0 Å². The molecule has 1 aromatic carbocycles. The summed E-state index contributed by atoms with van der Waals surface area (Å²) in [6.45, 7) is 2.07. The summed E-state index contributed by atoms with van der Waals surface area (Å²) in [7, 11) is 1.72. The number of nitrogens with zero attached hydrogens (tertiary/aromatic N) is 2. The molecule has 16 heavy (non-hydrogen) atoms. The number of aryl methyl sites for hydroxylation is 2. The number of fused-ring (bicyclic) bond motifs is 1. The van der Waals surface area contributed by atoms with E-state index in [-0.39, 0.29) is 5.69 Å². The van der Waals surface area contributed by atoms with Crippen molar-refractivity contribution in [1.29, 1.82) is 0 Å². The second-order valence-corrected chi connectivity index (χ2v) is 4.25. The Bertz CT molecular complexity index is 589. The molecule has 0 fully saturated rings. The molecule has 2 aromatic rings. The van der Waals surface area contributed by atoms with E-state index in [0.29, 0.717) is 5.02 Å². The highest BCUT2D eigenvalue weighted by molar-refractivity contribution is 6.31. The van der Waals surface area contributed by atoms with Crippen LogP contribution < -0.4 is 5.69 Å². The van der Waals surface area contributed by atoms with Crippen LogP contribution in [-0.4, -0.2) is 9.55 Å². The van der Waals surface area contributed by atoms with E-state index in [0.717, 1.165) is 29.4 Å². The Morgan fingerprint density at radius 3 is 2.88 bits per heavy atom. The predicted octanol–water partition coefficient (Wildman–Crippen LogP) is 2.54. The van der Waals surface area contributed by atoms with E-state index in [9.17, 15) is 4.79 Å². The number of rotatable bonds is 2. The van der Waals surface area contributed by atoms with Gasteiger partial charge in [0.15, 0.2) is 0 Å². The Kier molecular flexibility index (Phi) is 2.97. The van der Waals surface area contributed by atoms with Crippen LogP contribution in [-0.2, 0) is 13.5 Å². The maximum absolute atomic E-state index is 11.6. The first-order chi connectivity index (χ1) is 7.63. The molecule has 0 N–H and O–H groups in total. The molecule has 0 unspecified atom stereocenters. The van der Waals surface area contributed by atoms with Gasteiger partial charge in [0, 0.05) is 17.5 Å². The van der Waals surface area contributed by atoms with Crippen molar-refractivity contribution >= 4 is 22.5 Å². The molecule has 0 atom stereocenters. The fourth-order valence-electron chi connectivity index (χ4n) is 1.81. The zero-order valence-electron chi connectivity index (χ0n) is 9.33. The van der Waals surface area contributed by atoms with E-state index in [1.54, 1.807) is 17.7 Å². The number of halogens is 1. The van der Waals surface area contributed by atoms with Gasteiger partial charge in [-0.3, -0.25) is 4.57 Å². The molecular formula is C12H13ClN2O. The summed E-state index contributed by atoms with van der Waals surface area (Å²) in [5.41, 5.74) is 1.51. The van der Waals surface area contributed by atoms with Gasteiger partial charge in [-0.25, -0.2) is 4.79 Å². The fourth-order valence-corrected chi connectivity index (χ4v) is 1.99. The summed E-state index contributed by atoms with van der Waals surface area (Å²) in [6.07, 6.45) is 1.76. The molecule has 0 saturated heterocycles. The molecule has 0 bridgehead atoms. The van der Waals surface area contributed by atoms with Gasteiger partial charge in [0.1, 0.15) is 0 Å². The van der Waals surface area contributed by atoms with Crippen LogP contribution in [0.4, 0.5) is 0 Å². The normalized spacial score (nSPS) is 10.9. The van der Waals surface area contributed by atoms with Crippen molar-refractivity contribution in [3.63, 3.8) is 0 Å². The minimum Gasteiger partial charge on any atom is -0.295 e. The largest absolute Gasteiger partial charge is 0.348 e. The molecule has 3 nitrogen and oxygen atoms in total. The highest BCUT2D eigenvalue weighted by atomic mass is 35.5. The first kappa shape index (κ1) is 11.1. The summed E-state index contributed by atoms with van der Waals surface area (Å²) in [4.78, 5) is 15.7. The molecule has 0 aliphatic heterocycles. The van der Waals surface area contributed by atoms with Gasteiger partial charge >= 0.3 is 5.69 Å². The minimum atomic E-state index is -0.210. The van der Waals surface area contributed by atoms with E-state index in [1.165, 1.54) is 0 Å². The van der Waals surface area contributed by atoms with Gasteiger partial charge in [-0.05, 0) is 24.6 Å². The van der Waals surface area contributed by atoms with E-state index in [2.05, 4.69) is 11.9 Å². The number of hydrogen-bond acceptors (Lipinski definition) is 2. The van der Waals surface area contributed by atoms with E-state index >= 15 is 0 Å². The molecule has 0 spiro atoms. The first-order valence-electron chi connectivity index (χ1n) is 5.28. The van der Waals surface area contributed by atoms with Gasteiger partial charge in [0.05, 0.1) is 11.2 Å². The minimum absolute atomic E-state index is 0.210. The van der Waals surface area contributed by atoms with Gasteiger partial charge in [0.25, 0.3) is 0 Å². The molecule has 0 aliphatic rings. The Morgan fingerprint density at radius 1 is 1.44 bits per heavy atom. The van der Waals surface area contributed by atoms with Crippen LogP contribution >= 0.6 is 11.6 Å². The lowest BCUT2D eigenvalue weighted by molar-refractivity contribution is 0.806. The molecule has 2 rings (SSSR count). The predicted molar refractivity (Wildman–Crippen MR) is 66.0 cm³/mol. The van der Waals surface area contributed by atoms with Crippen molar-refractivity contribution in [3.8, 4) is 0 Å². The van der Waals surface area contributed by atoms with Gasteiger partial charge < -0.3 is 0 Å². The lowest BCUT2D eigenvalue weighted by Crippen LogP contribution is -2.22. The Balaban J connectivity index is 2.84. The summed E-state index contributed by atoms with van der Waals surface area (Å²) in [6, 6.07) is 5.52. The molecule has 1 heterocycles. The van der Waals surface area contributed by atoms with Crippen molar-refractivity contribution in [2.24, 2.45) is 7.05 Å². The second kappa shape index (κ2) is 4.26. The average Bonchev–Trinajstić information content (AvgIpc) is 2.26. The molecule has 0 amide bonds. The third-order valence-corrected chi connectivity index (χ3v) is 2.87. The highest BCUT2D eigenvalue weighted by Gasteiger charge is 2.07. The second-order valence-electron chi connectivity index (χ2n) is 3.81. The van der Waals surface area contributed by atoms with Gasteiger partial charge in [-0.15, -0.1) is 0 Å². The van der Waals surface area contributed by atoms with Crippen LogP contribution in [0.15, 0.2) is 23.0 Å². The number of benzene rings is 1. The van der Waals surface area contributed by atoms with Gasteiger partial charge in [0.2, 0.25) is 0 Å². The topological polar surface area (TPSA) is 34.9 Å². The van der Waals surface area contributed by atoms with Crippen LogP contribution in [0.1, 0.15) is 19.0 Å². The molecule has 4 heteroatoms. The molecule has 0 aliphatic carbocycles. The monoisotopic (exact) mass is 236 g/mol. The quantitative estimate of drug-likeness (QED) is 0.803. The SMILES string of the molecule is CCCc1nc(=O)n(C)c2ccc(Cl)cc12. The summed E-state index contributed by atoms with van der Waals surface area (Å²) in [5, 5.41) is 1.64. The third-order valence-electron chi connectivity index (χ3n) is 2.64. The van der Waals surface area contributed by atoms with Gasteiger partial charge in [-0.1, -0.05) is 24.9 Å². The van der Waals surface area contributed by atoms with Crippen LogP contribution in [0.25, 0.3) is 10.9 Å². The van der Waals surface area contributed by atoms with E-state index < -0.39 is 0 Å². The smallest absolute Gasteiger partial charge is 0.295 e. The summed E-state index contributed by atoms with van der Waals surface area (Å²) < 4.78 is 1.55. The maximum atomic E-state index is 11.6. The number of aromatic nitrogens is 2. The van der Waals surface area contributed by atoms with Crippen LogP contribution in [0.5, 0.6) is 0 Å². The Labute approximate surface area is 98.7 Å². The first-order valence-corrected chi connectivity index (χ1v) is 5.66. The van der Waals surface area contributed by atoms with Crippen molar-refractivity contribution in [2.75, 3.05) is 0 Å². The maximum Gasteiger partial charge on any atom is 0.348 e. The molecule has 1 aromatic heterocycles. The van der Waals surface area contributed by atoms with Crippen LogP contribution in [0.2, 0.25) is 5.02 Å². The van der Waals surface area contributed by atoms with E-state index in [1.807, 2.05) is 12.1 Å². The van der Waals surface area contributed by atoms with Crippen molar-refractivity contribution in [1.82, 2.24) is 9.55 Å². The summed E-state index contributed by atoms with van der Waals surface area (Å²) >= 11 is 5.97. The van der Waals surface area contributed by atoms with E-state index in [4.69, 9.17) is 11.6 Å². The van der Waals surface area contributed by atoms with Crippen molar-refractivity contribution in [3.05, 3.63) is 39.4 Å². The third kappa shape index (κ3) is 1.83. The van der Waals surface area contributed by atoms with Gasteiger partial charge in [-0.2, -0.15) is 4.98 Å². The van der Waals surface area contributed by atoms with Crippen LogP contribution in [0, 0.1) is 0 Å².